The number of methoxy groups -OCH3 is 2. The molecule has 3 aromatic rings. The van der Waals surface area contributed by atoms with Crippen molar-refractivity contribution in [1.29, 1.82) is 0 Å². The van der Waals surface area contributed by atoms with Crippen molar-refractivity contribution in [3.63, 3.8) is 0 Å². The third-order valence-electron chi connectivity index (χ3n) is 4.42. The van der Waals surface area contributed by atoms with Gasteiger partial charge in [-0.1, -0.05) is 0 Å². The van der Waals surface area contributed by atoms with Gasteiger partial charge in [0.15, 0.2) is 0 Å². The Kier molecular flexibility index (Phi) is 6.54. The lowest BCUT2D eigenvalue weighted by Crippen LogP contribution is -2.23. The minimum atomic E-state index is -0.497. The number of carbonyl (C=O) groups excluding carboxylic acids is 2. The molecule has 30 heavy (non-hydrogen) atoms. The van der Waals surface area contributed by atoms with Gasteiger partial charge in [0.25, 0.3) is 5.91 Å². The maximum atomic E-state index is 12.5. The lowest BCUT2D eigenvalue weighted by Gasteiger charge is -2.12. The molecule has 3 aromatic carbocycles. The zero-order valence-corrected chi connectivity index (χ0v) is 16.7. The number of benzene rings is 3. The van der Waals surface area contributed by atoms with Gasteiger partial charge in [0, 0.05) is 23.2 Å². The Bertz CT molecular complexity index is 1030. The topological polar surface area (TPSA) is 99.9 Å². The molecular formula is C23H22N2O5. The van der Waals surface area contributed by atoms with Crippen molar-refractivity contribution >= 4 is 11.8 Å². The number of rotatable bonds is 8. The molecule has 7 heteroatoms. The Morgan fingerprint density at radius 1 is 0.800 bits per heavy atom. The van der Waals surface area contributed by atoms with E-state index >= 15 is 0 Å². The van der Waals surface area contributed by atoms with E-state index in [1.165, 1.54) is 0 Å². The molecular weight excluding hydrogens is 384 g/mol. The van der Waals surface area contributed by atoms with Gasteiger partial charge in [0.1, 0.15) is 23.0 Å². The summed E-state index contributed by atoms with van der Waals surface area (Å²) in [6, 6.07) is 18.6. The molecule has 0 aliphatic heterocycles. The highest BCUT2D eigenvalue weighted by molar-refractivity contribution is 5.94. The zero-order valence-electron chi connectivity index (χ0n) is 16.7. The minimum absolute atomic E-state index is 0.225. The maximum Gasteiger partial charge on any atom is 0.251 e. The Hall–Kier alpha value is -4.00. The van der Waals surface area contributed by atoms with Crippen LogP contribution in [0.1, 0.15) is 26.3 Å². The molecule has 0 fully saturated rings. The van der Waals surface area contributed by atoms with E-state index in [1.807, 2.05) is 6.07 Å². The van der Waals surface area contributed by atoms with Crippen molar-refractivity contribution < 1.29 is 23.8 Å². The smallest absolute Gasteiger partial charge is 0.251 e. The zero-order chi connectivity index (χ0) is 21.5. The first-order chi connectivity index (χ1) is 14.5. The van der Waals surface area contributed by atoms with Gasteiger partial charge in [-0.25, -0.2) is 0 Å². The number of hydrogen-bond acceptors (Lipinski definition) is 5. The fraction of sp³-hybridized carbons (Fsp3) is 0.130. The van der Waals surface area contributed by atoms with Crippen LogP contribution in [0, 0.1) is 0 Å². The molecule has 2 amide bonds. The molecule has 0 aliphatic carbocycles. The van der Waals surface area contributed by atoms with E-state index < -0.39 is 5.91 Å². The average Bonchev–Trinajstić information content (AvgIpc) is 2.78. The number of nitrogens with one attached hydrogen (secondary N) is 1. The van der Waals surface area contributed by atoms with E-state index in [9.17, 15) is 9.59 Å². The molecule has 0 spiro atoms. The molecule has 0 saturated carbocycles. The van der Waals surface area contributed by atoms with Gasteiger partial charge in [0.2, 0.25) is 5.91 Å². The summed E-state index contributed by atoms with van der Waals surface area (Å²) in [5.41, 5.74) is 6.93. The number of ether oxygens (including phenoxy) is 3. The summed E-state index contributed by atoms with van der Waals surface area (Å²) in [4.78, 5) is 23.6. The van der Waals surface area contributed by atoms with Crippen LogP contribution in [-0.4, -0.2) is 26.0 Å². The van der Waals surface area contributed by atoms with Gasteiger partial charge in [-0.15, -0.1) is 0 Å². The third-order valence-corrected chi connectivity index (χ3v) is 4.42. The number of nitrogens with two attached hydrogens (primary N) is 1. The molecule has 0 aliphatic rings. The van der Waals surface area contributed by atoms with Crippen LogP contribution in [0.5, 0.6) is 23.0 Å². The van der Waals surface area contributed by atoms with Crippen LogP contribution in [0.15, 0.2) is 66.7 Å². The van der Waals surface area contributed by atoms with E-state index in [0.29, 0.717) is 40.7 Å². The van der Waals surface area contributed by atoms with Crippen molar-refractivity contribution in [1.82, 2.24) is 5.32 Å². The van der Waals surface area contributed by atoms with E-state index in [4.69, 9.17) is 19.9 Å². The van der Waals surface area contributed by atoms with Crippen LogP contribution in [0.2, 0.25) is 0 Å². The lowest BCUT2D eigenvalue weighted by atomic mass is 10.1. The minimum Gasteiger partial charge on any atom is -0.497 e. The molecule has 0 saturated heterocycles. The summed E-state index contributed by atoms with van der Waals surface area (Å²) in [5, 5.41) is 2.87. The lowest BCUT2D eigenvalue weighted by molar-refractivity contribution is 0.0949. The Morgan fingerprint density at radius 3 is 1.90 bits per heavy atom. The first kappa shape index (κ1) is 20.7. The fourth-order valence-corrected chi connectivity index (χ4v) is 2.80. The van der Waals surface area contributed by atoms with Crippen LogP contribution in [0.25, 0.3) is 0 Å². The van der Waals surface area contributed by atoms with Crippen LogP contribution in [-0.2, 0) is 6.54 Å². The predicted octanol–water partition coefficient (Wildman–Crippen LogP) is 3.53. The fourth-order valence-electron chi connectivity index (χ4n) is 2.80. The summed E-state index contributed by atoms with van der Waals surface area (Å²) >= 11 is 0. The van der Waals surface area contributed by atoms with E-state index in [1.54, 1.807) is 74.9 Å². The van der Waals surface area contributed by atoms with Gasteiger partial charge in [0.05, 0.1) is 14.2 Å². The van der Waals surface area contributed by atoms with Gasteiger partial charge in [-0.05, 0) is 66.7 Å². The van der Waals surface area contributed by atoms with E-state index in [-0.39, 0.29) is 5.91 Å². The van der Waals surface area contributed by atoms with Gasteiger partial charge < -0.3 is 25.3 Å². The molecule has 7 nitrogen and oxygen atoms in total. The predicted molar refractivity (Wildman–Crippen MR) is 112 cm³/mol. The van der Waals surface area contributed by atoms with E-state index in [2.05, 4.69) is 5.32 Å². The van der Waals surface area contributed by atoms with Crippen molar-refractivity contribution in [2.24, 2.45) is 5.73 Å². The highest BCUT2D eigenvalue weighted by Crippen LogP contribution is 2.24. The molecule has 0 unspecified atom stereocenters. The Labute approximate surface area is 174 Å². The van der Waals surface area contributed by atoms with Crippen LogP contribution in [0.4, 0.5) is 0 Å². The highest BCUT2D eigenvalue weighted by atomic mass is 16.5. The molecule has 0 aromatic heterocycles. The molecule has 0 heterocycles. The summed E-state index contributed by atoms with van der Waals surface area (Å²) in [5.74, 6) is 1.75. The molecule has 3 rings (SSSR count). The first-order valence-electron chi connectivity index (χ1n) is 9.17. The second kappa shape index (κ2) is 9.47. The van der Waals surface area contributed by atoms with Crippen molar-refractivity contribution in [2.45, 2.75) is 6.54 Å². The van der Waals surface area contributed by atoms with Crippen LogP contribution < -0.4 is 25.3 Å². The summed E-state index contributed by atoms with van der Waals surface area (Å²) < 4.78 is 16.3. The van der Waals surface area contributed by atoms with Gasteiger partial charge in [-0.3, -0.25) is 9.59 Å². The SMILES string of the molecule is COc1ccc(OC)c(CNC(=O)c2ccc(Oc3ccc(C(N)=O)cc3)cc2)c1. The third kappa shape index (κ3) is 5.08. The normalized spacial score (nSPS) is 10.2. The average molecular weight is 406 g/mol. The van der Waals surface area contributed by atoms with Gasteiger partial charge in [-0.2, -0.15) is 0 Å². The first-order valence-corrected chi connectivity index (χ1v) is 9.17. The highest BCUT2D eigenvalue weighted by Gasteiger charge is 2.10. The maximum absolute atomic E-state index is 12.5. The Balaban J connectivity index is 1.62. The molecule has 0 bridgehead atoms. The quantitative estimate of drug-likeness (QED) is 0.596. The second-order valence-corrected chi connectivity index (χ2v) is 6.38. The number of amides is 2. The number of carbonyl (C=O) groups is 2. The second-order valence-electron chi connectivity index (χ2n) is 6.38. The molecule has 154 valence electrons. The number of hydrogen-bond donors (Lipinski definition) is 2. The summed E-state index contributed by atoms with van der Waals surface area (Å²) in [6.07, 6.45) is 0. The summed E-state index contributed by atoms with van der Waals surface area (Å²) in [6.45, 7) is 0.295. The van der Waals surface area contributed by atoms with Crippen LogP contribution >= 0.6 is 0 Å². The largest absolute Gasteiger partial charge is 0.497 e. The summed E-state index contributed by atoms with van der Waals surface area (Å²) in [7, 11) is 3.16. The monoisotopic (exact) mass is 406 g/mol. The van der Waals surface area contributed by atoms with Crippen molar-refractivity contribution in [3.05, 3.63) is 83.4 Å². The van der Waals surface area contributed by atoms with Crippen molar-refractivity contribution in [2.75, 3.05) is 14.2 Å². The van der Waals surface area contributed by atoms with Crippen molar-refractivity contribution in [3.8, 4) is 23.0 Å². The molecule has 0 atom stereocenters. The standard InChI is InChI=1S/C23H22N2O5/c1-28-20-11-12-21(29-2)17(13-20)14-25-23(27)16-5-9-19(10-6-16)30-18-7-3-15(4-8-18)22(24)26/h3-13H,14H2,1-2H3,(H2,24,26)(H,25,27). The number of primary amides is 1. The van der Waals surface area contributed by atoms with E-state index in [0.717, 1.165) is 5.56 Å². The Morgan fingerprint density at radius 2 is 1.37 bits per heavy atom. The van der Waals surface area contributed by atoms with Crippen LogP contribution in [0.3, 0.4) is 0 Å². The molecule has 0 radical (unpaired) electrons. The molecule has 3 N–H and O–H groups in total. The van der Waals surface area contributed by atoms with Gasteiger partial charge >= 0.3 is 0 Å².